The Bertz CT molecular complexity index is 1010. The second-order valence-corrected chi connectivity index (χ2v) is 7.27. The minimum atomic E-state index is -0.981. The molecule has 9 heteroatoms. The van der Waals surface area contributed by atoms with E-state index in [-0.39, 0.29) is 36.5 Å². The molecule has 2 amide bonds. The Balaban J connectivity index is 1.73. The Kier molecular flexibility index (Phi) is 6.00. The number of carbonyl (C=O) groups excluding carboxylic acids is 2. The predicted octanol–water partition coefficient (Wildman–Crippen LogP) is 3.28. The second-order valence-electron chi connectivity index (χ2n) is 7.27. The van der Waals surface area contributed by atoms with Gasteiger partial charge in [-0.1, -0.05) is 17.7 Å². The molecule has 1 aliphatic rings. The third kappa shape index (κ3) is 4.24. The predicted molar refractivity (Wildman–Crippen MR) is 108 cm³/mol. The first-order valence-corrected chi connectivity index (χ1v) is 9.40. The number of aryl methyl sites for hydroxylation is 1. The van der Waals surface area contributed by atoms with Crippen molar-refractivity contribution in [3.8, 4) is 5.75 Å². The molecular formula is C21H22FN3O5. The number of ether oxygens (including phenoxy) is 1. The number of benzene rings is 2. The molecule has 0 aliphatic carbocycles. The van der Waals surface area contributed by atoms with E-state index in [4.69, 9.17) is 4.74 Å². The van der Waals surface area contributed by atoms with E-state index < -0.39 is 22.3 Å². The van der Waals surface area contributed by atoms with Crippen molar-refractivity contribution < 1.29 is 23.6 Å². The molecule has 0 bridgehead atoms. The maximum absolute atomic E-state index is 13.6. The van der Waals surface area contributed by atoms with E-state index in [1.807, 2.05) is 32.0 Å². The largest absolute Gasteiger partial charge is 0.496 e. The highest BCUT2D eigenvalue weighted by atomic mass is 19.1. The molecule has 0 saturated carbocycles. The summed E-state index contributed by atoms with van der Waals surface area (Å²) in [6.07, 6.45) is -0.0331. The molecule has 0 spiro atoms. The molecule has 2 unspecified atom stereocenters. The third-order valence-corrected chi connectivity index (χ3v) is 5.14. The van der Waals surface area contributed by atoms with Crippen LogP contribution in [0.3, 0.4) is 0 Å². The Labute approximate surface area is 172 Å². The average molecular weight is 415 g/mol. The molecular weight excluding hydrogens is 393 g/mol. The normalized spacial score (nSPS) is 17.0. The number of amides is 2. The van der Waals surface area contributed by atoms with Crippen LogP contribution in [0.4, 0.5) is 15.8 Å². The number of hydrogen-bond acceptors (Lipinski definition) is 5. The van der Waals surface area contributed by atoms with Gasteiger partial charge in [-0.05, 0) is 32.0 Å². The van der Waals surface area contributed by atoms with Crippen LogP contribution in [0.15, 0.2) is 36.4 Å². The first kappa shape index (κ1) is 21.2. The van der Waals surface area contributed by atoms with Gasteiger partial charge in [0, 0.05) is 24.6 Å². The van der Waals surface area contributed by atoms with Gasteiger partial charge in [0.2, 0.25) is 17.6 Å². The van der Waals surface area contributed by atoms with Crippen molar-refractivity contribution in [2.75, 3.05) is 18.6 Å². The van der Waals surface area contributed by atoms with E-state index in [1.165, 1.54) is 11.0 Å². The van der Waals surface area contributed by atoms with Gasteiger partial charge in [0.1, 0.15) is 5.75 Å². The fourth-order valence-corrected chi connectivity index (χ4v) is 3.54. The summed E-state index contributed by atoms with van der Waals surface area (Å²) in [6, 6.07) is 8.56. The van der Waals surface area contributed by atoms with E-state index >= 15 is 0 Å². The summed E-state index contributed by atoms with van der Waals surface area (Å²) in [5.74, 6) is -1.61. The number of rotatable bonds is 6. The summed E-state index contributed by atoms with van der Waals surface area (Å²) in [5, 5.41) is 13.9. The van der Waals surface area contributed by atoms with Crippen LogP contribution in [-0.4, -0.2) is 30.4 Å². The molecule has 2 atom stereocenters. The number of anilines is 1. The zero-order chi connectivity index (χ0) is 22.0. The van der Waals surface area contributed by atoms with Gasteiger partial charge in [-0.3, -0.25) is 19.7 Å². The van der Waals surface area contributed by atoms with E-state index in [0.717, 1.165) is 23.3 Å². The highest BCUT2D eigenvalue weighted by Gasteiger charge is 2.36. The maximum Gasteiger partial charge on any atom is 0.306 e. The third-order valence-electron chi connectivity index (χ3n) is 5.14. The van der Waals surface area contributed by atoms with Crippen molar-refractivity contribution in [2.24, 2.45) is 5.92 Å². The van der Waals surface area contributed by atoms with Gasteiger partial charge in [0.05, 0.1) is 29.7 Å². The quantitative estimate of drug-likeness (QED) is 0.576. The molecule has 2 aromatic rings. The lowest BCUT2D eigenvalue weighted by Crippen LogP contribution is -2.34. The van der Waals surface area contributed by atoms with Crippen LogP contribution < -0.4 is 15.0 Å². The van der Waals surface area contributed by atoms with Crippen molar-refractivity contribution in [2.45, 2.75) is 26.3 Å². The molecule has 1 heterocycles. The van der Waals surface area contributed by atoms with Gasteiger partial charge >= 0.3 is 5.69 Å². The highest BCUT2D eigenvalue weighted by Crippen LogP contribution is 2.31. The van der Waals surface area contributed by atoms with Gasteiger partial charge in [-0.15, -0.1) is 0 Å². The average Bonchev–Trinajstić information content (AvgIpc) is 3.10. The molecule has 0 radical (unpaired) electrons. The Morgan fingerprint density at radius 2 is 2.07 bits per heavy atom. The lowest BCUT2D eigenvalue weighted by Gasteiger charge is -2.20. The Morgan fingerprint density at radius 3 is 2.73 bits per heavy atom. The van der Waals surface area contributed by atoms with E-state index in [0.29, 0.717) is 5.75 Å². The molecule has 1 saturated heterocycles. The SMILES string of the molecule is COc1ccc(C)cc1C(C)NC(=O)C1CC(=O)N(c2ccc(F)c([N+](=O)[O-])c2)C1. The second kappa shape index (κ2) is 8.48. The van der Waals surface area contributed by atoms with Crippen LogP contribution >= 0.6 is 0 Å². The summed E-state index contributed by atoms with van der Waals surface area (Å²) in [7, 11) is 1.55. The van der Waals surface area contributed by atoms with Crippen molar-refractivity contribution in [3.05, 3.63) is 63.5 Å². The smallest absolute Gasteiger partial charge is 0.306 e. The van der Waals surface area contributed by atoms with E-state index in [9.17, 15) is 24.1 Å². The van der Waals surface area contributed by atoms with Gasteiger partial charge in [-0.25, -0.2) is 0 Å². The van der Waals surface area contributed by atoms with Crippen molar-refractivity contribution in [3.63, 3.8) is 0 Å². The van der Waals surface area contributed by atoms with Gasteiger partial charge in [-0.2, -0.15) is 4.39 Å². The van der Waals surface area contributed by atoms with Crippen molar-refractivity contribution in [1.29, 1.82) is 0 Å². The Morgan fingerprint density at radius 1 is 1.33 bits per heavy atom. The number of methoxy groups -OCH3 is 1. The van der Waals surface area contributed by atoms with Gasteiger partial charge in [0.15, 0.2) is 0 Å². The minimum Gasteiger partial charge on any atom is -0.496 e. The molecule has 1 aliphatic heterocycles. The van der Waals surface area contributed by atoms with Crippen LogP contribution in [0, 0.1) is 28.8 Å². The zero-order valence-corrected chi connectivity index (χ0v) is 16.8. The van der Waals surface area contributed by atoms with Crippen LogP contribution in [0.25, 0.3) is 0 Å². The van der Waals surface area contributed by atoms with Crippen molar-refractivity contribution >= 4 is 23.2 Å². The lowest BCUT2D eigenvalue weighted by molar-refractivity contribution is -0.387. The summed E-state index contributed by atoms with van der Waals surface area (Å²) < 4.78 is 18.9. The molecule has 2 aromatic carbocycles. The van der Waals surface area contributed by atoms with Crippen LogP contribution in [-0.2, 0) is 9.59 Å². The number of halogens is 1. The molecule has 1 N–H and O–H groups in total. The first-order valence-electron chi connectivity index (χ1n) is 9.40. The van der Waals surface area contributed by atoms with Crippen molar-refractivity contribution in [1.82, 2.24) is 5.32 Å². The number of nitrogens with zero attached hydrogens (tertiary/aromatic N) is 2. The zero-order valence-electron chi connectivity index (χ0n) is 16.8. The topological polar surface area (TPSA) is 102 Å². The van der Waals surface area contributed by atoms with Crippen LogP contribution in [0.5, 0.6) is 5.75 Å². The lowest BCUT2D eigenvalue weighted by atomic mass is 10.0. The molecule has 8 nitrogen and oxygen atoms in total. The molecule has 3 rings (SSSR count). The number of nitrogens with one attached hydrogen (secondary N) is 1. The van der Waals surface area contributed by atoms with Crippen LogP contribution in [0.2, 0.25) is 0 Å². The standard InChI is InChI=1S/C21H22FN3O5/c1-12-4-7-19(30-3)16(8-12)13(2)23-21(27)14-9-20(26)24(11-14)15-5-6-17(22)18(10-15)25(28)29/h4-8,10,13-14H,9,11H2,1-3H3,(H,23,27). The van der Waals surface area contributed by atoms with E-state index in [2.05, 4.69) is 5.32 Å². The fourth-order valence-electron chi connectivity index (χ4n) is 3.54. The number of carbonyl (C=O) groups is 2. The number of hydrogen-bond donors (Lipinski definition) is 1. The summed E-state index contributed by atoms with van der Waals surface area (Å²) in [5.41, 5.74) is 1.32. The fraction of sp³-hybridized carbons (Fsp3) is 0.333. The summed E-state index contributed by atoms with van der Waals surface area (Å²) in [6.45, 7) is 3.82. The molecule has 1 fully saturated rings. The maximum atomic E-state index is 13.6. The number of nitro benzene ring substituents is 1. The number of nitro groups is 1. The minimum absolute atomic E-state index is 0.0331. The van der Waals surface area contributed by atoms with Crippen LogP contribution in [0.1, 0.15) is 30.5 Å². The molecule has 158 valence electrons. The molecule has 0 aromatic heterocycles. The first-order chi connectivity index (χ1) is 14.2. The van der Waals surface area contributed by atoms with Gasteiger partial charge in [0.25, 0.3) is 0 Å². The Hall–Kier alpha value is -3.49. The summed E-state index contributed by atoms with van der Waals surface area (Å²) >= 11 is 0. The molecule has 30 heavy (non-hydrogen) atoms. The monoisotopic (exact) mass is 415 g/mol. The summed E-state index contributed by atoms with van der Waals surface area (Å²) in [4.78, 5) is 36.6. The van der Waals surface area contributed by atoms with E-state index in [1.54, 1.807) is 7.11 Å². The highest BCUT2D eigenvalue weighted by molar-refractivity contribution is 6.00. The van der Waals surface area contributed by atoms with Gasteiger partial charge < -0.3 is 15.0 Å².